The normalized spacial score (nSPS) is 10.7. The summed E-state index contributed by atoms with van der Waals surface area (Å²) in [5.74, 6) is -0.406. The Balaban J connectivity index is 1.53. The second-order valence-corrected chi connectivity index (χ2v) is 8.14. The number of ether oxygens (including phenoxy) is 1. The lowest BCUT2D eigenvalue weighted by Crippen LogP contribution is -2.23. The minimum absolute atomic E-state index is 0.167. The van der Waals surface area contributed by atoms with Gasteiger partial charge in [-0.3, -0.25) is 19.6 Å². The van der Waals surface area contributed by atoms with Crippen LogP contribution >= 0.6 is 0 Å². The molecule has 0 bridgehead atoms. The van der Waals surface area contributed by atoms with Gasteiger partial charge in [0.1, 0.15) is 5.69 Å². The summed E-state index contributed by atoms with van der Waals surface area (Å²) in [6.07, 6.45) is 1.92. The van der Waals surface area contributed by atoms with Gasteiger partial charge in [0.2, 0.25) is 0 Å². The number of hydrogen-bond donors (Lipinski definition) is 2. The fourth-order valence-corrected chi connectivity index (χ4v) is 3.82. The molecular weight excluding hydrogens is 458 g/mol. The molecule has 0 unspecified atom stereocenters. The van der Waals surface area contributed by atoms with Crippen LogP contribution in [-0.2, 0) is 17.8 Å². The number of anilines is 1. The minimum Gasteiger partial charge on any atom is -0.383 e. The zero-order valence-electron chi connectivity index (χ0n) is 19.9. The van der Waals surface area contributed by atoms with E-state index in [-0.39, 0.29) is 17.8 Å². The summed E-state index contributed by atoms with van der Waals surface area (Å²) < 4.78 is 6.82. The van der Waals surface area contributed by atoms with E-state index < -0.39 is 10.8 Å². The average Bonchev–Trinajstić information content (AvgIpc) is 3.31. The molecule has 4 aromatic rings. The van der Waals surface area contributed by atoms with Gasteiger partial charge in [0.15, 0.2) is 0 Å². The molecule has 9 heteroatoms. The van der Waals surface area contributed by atoms with Gasteiger partial charge in [-0.15, -0.1) is 0 Å². The maximum absolute atomic E-state index is 12.9. The van der Waals surface area contributed by atoms with Crippen molar-refractivity contribution >= 4 is 17.3 Å². The van der Waals surface area contributed by atoms with Crippen molar-refractivity contribution in [1.29, 1.82) is 0 Å². The Kier molecular flexibility index (Phi) is 8.05. The number of carbonyl (C=O) groups is 1. The third-order valence-electron chi connectivity index (χ3n) is 5.59. The lowest BCUT2D eigenvalue weighted by molar-refractivity contribution is -0.384. The van der Waals surface area contributed by atoms with E-state index in [4.69, 9.17) is 9.84 Å². The number of carbonyl (C=O) groups excluding carboxylic acids is 1. The summed E-state index contributed by atoms with van der Waals surface area (Å²) in [4.78, 5) is 24.0. The van der Waals surface area contributed by atoms with Crippen molar-refractivity contribution in [3.05, 3.63) is 112 Å². The van der Waals surface area contributed by atoms with E-state index in [1.54, 1.807) is 13.2 Å². The molecule has 1 aromatic heterocycles. The van der Waals surface area contributed by atoms with E-state index in [0.29, 0.717) is 25.4 Å². The first-order valence-electron chi connectivity index (χ1n) is 11.5. The Morgan fingerprint density at radius 1 is 1.06 bits per heavy atom. The summed E-state index contributed by atoms with van der Waals surface area (Å²) >= 11 is 0. The molecule has 1 heterocycles. The molecule has 2 N–H and O–H groups in total. The molecule has 0 saturated carbocycles. The Bertz CT molecular complexity index is 1320. The van der Waals surface area contributed by atoms with Gasteiger partial charge in [-0.25, -0.2) is 0 Å². The van der Waals surface area contributed by atoms with Crippen LogP contribution in [0.2, 0.25) is 0 Å². The molecule has 0 aliphatic heterocycles. The van der Waals surface area contributed by atoms with Crippen molar-refractivity contribution in [3.63, 3.8) is 0 Å². The molecule has 1 amide bonds. The third-order valence-corrected chi connectivity index (χ3v) is 5.59. The standard InChI is InChI=1S/C27H27N5O4/c1-36-15-14-28-24-13-12-22(16-25(24)32(34)35)27(33)29-17-23-19-31(18-20-8-4-2-5-9-20)30-26(23)21-10-6-3-7-11-21/h2-13,16,19,28H,14-15,17-18H2,1H3,(H,29,33). The van der Waals surface area contributed by atoms with E-state index in [1.165, 1.54) is 12.1 Å². The number of aromatic nitrogens is 2. The van der Waals surface area contributed by atoms with E-state index in [1.807, 2.05) is 71.5 Å². The summed E-state index contributed by atoms with van der Waals surface area (Å²) in [5, 5.41) is 22.2. The Hall–Kier alpha value is -4.50. The number of nitrogens with one attached hydrogen (secondary N) is 2. The van der Waals surface area contributed by atoms with Crippen molar-refractivity contribution in [2.24, 2.45) is 0 Å². The molecule has 184 valence electrons. The SMILES string of the molecule is COCCNc1ccc(C(=O)NCc2cn(Cc3ccccc3)nc2-c2ccccc2)cc1[N+](=O)[O-]. The molecule has 0 spiro atoms. The number of hydrogen-bond acceptors (Lipinski definition) is 6. The Morgan fingerprint density at radius 3 is 2.47 bits per heavy atom. The predicted molar refractivity (Wildman–Crippen MR) is 138 cm³/mol. The van der Waals surface area contributed by atoms with Crippen LogP contribution in [0.3, 0.4) is 0 Å². The molecule has 0 aliphatic carbocycles. The second-order valence-electron chi connectivity index (χ2n) is 8.14. The lowest BCUT2D eigenvalue weighted by atomic mass is 10.1. The zero-order valence-corrected chi connectivity index (χ0v) is 19.9. The zero-order chi connectivity index (χ0) is 25.3. The predicted octanol–water partition coefficient (Wildman–Crippen LogP) is 4.49. The molecule has 9 nitrogen and oxygen atoms in total. The summed E-state index contributed by atoms with van der Waals surface area (Å²) in [5.41, 5.74) is 4.05. The fraction of sp³-hybridized carbons (Fsp3) is 0.185. The minimum atomic E-state index is -0.507. The van der Waals surface area contributed by atoms with Gasteiger partial charge in [0.05, 0.1) is 23.8 Å². The lowest BCUT2D eigenvalue weighted by Gasteiger charge is -2.09. The van der Waals surface area contributed by atoms with Gasteiger partial charge >= 0.3 is 0 Å². The summed E-state index contributed by atoms with van der Waals surface area (Å²) in [6, 6.07) is 24.1. The number of rotatable bonds is 11. The average molecular weight is 486 g/mol. The number of nitro benzene ring substituents is 1. The van der Waals surface area contributed by atoms with Crippen molar-refractivity contribution in [3.8, 4) is 11.3 Å². The van der Waals surface area contributed by atoms with Crippen molar-refractivity contribution < 1.29 is 14.5 Å². The maximum atomic E-state index is 12.9. The third kappa shape index (κ3) is 6.13. The Morgan fingerprint density at radius 2 is 1.78 bits per heavy atom. The van der Waals surface area contributed by atoms with Crippen LogP contribution in [0.15, 0.2) is 85.1 Å². The highest BCUT2D eigenvalue weighted by Gasteiger charge is 2.18. The summed E-state index contributed by atoms with van der Waals surface area (Å²) in [6.45, 7) is 1.64. The molecular formula is C27H27N5O4. The molecule has 0 saturated heterocycles. The number of nitrogens with zero attached hydrogens (tertiary/aromatic N) is 3. The second kappa shape index (κ2) is 11.8. The van der Waals surface area contributed by atoms with Crippen molar-refractivity contribution in [1.82, 2.24) is 15.1 Å². The largest absolute Gasteiger partial charge is 0.383 e. The molecule has 0 aliphatic rings. The quantitative estimate of drug-likeness (QED) is 0.184. The van der Waals surface area contributed by atoms with Crippen LogP contribution < -0.4 is 10.6 Å². The molecule has 4 rings (SSSR count). The topological polar surface area (TPSA) is 111 Å². The van der Waals surface area contributed by atoms with Crippen LogP contribution in [0.1, 0.15) is 21.5 Å². The first-order chi connectivity index (χ1) is 17.5. The van der Waals surface area contributed by atoms with E-state index >= 15 is 0 Å². The Labute approximate surface area is 208 Å². The van der Waals surface area contributed by atoms with E-state index in [2.05, 4.69) is 10.6 Å². The van der Waals surface area contributed by atoms with Crippen LogP contribution in [0, 0.1) is 10.1 Å². The monoisotopic (exact) mass is 485 g/mol. The highest BCUT2D eigenvalue weighted by molar-refractivity contribution is 5.95. The van der Waals surface area contributed by atoms with Gasteiger partial charge in [0, 0.05) is 49.2 Å². The smallest absolute Gasteiger partial charge is 0.293 e. The number of amides is 1. The molecule has 0 radical (unpaired) electrons. The summed E-state index contributed by atoms with van der Waals surface area (Å²) in [7, 11) is 1.55. The van der Waals surface area contributed by atoms with Crippen molar-refractivity contribution in [2.75, 3.05) is 25.6 Å². The number of nitro groups is 1. The highest BCUT2D eigenvalue weighted by atomic mass is 16.6. The molecule has 3 aromatic carbocycles. The van der Waals surface area contributed by atoms with Crippen LogP contribution in [0.5, 0.6) is 0 Å². The van der Waals surface area contributed by atoms with Crippen molar-refractivity contribution in [2.45, 2.75) is 13.1 Å². The van der Waals surface area contributed by atoms with E-state index in [9.17, 15) is 14.9 Å². The first-order valence-corrected chi connectivity index (χ1v) is 11.5. The fourth-order valence-electron chi connectivity index (χ4n) is 3.82. The van der Waals surface area contributed by atoms with Gasteiger partial charge in [-0.2, -0.15) is 5.10 Å². The maximum Gasteiger partial charge on any atom is 0.293 e. The van der Waals surface area contributed by atoms with Gasteiger partial charge in [-0.1, -0.05) is 60.7 Å². The van der Waals surface area contributed by atoms with E-state index in [0.717, 1.165) is 22.4 Å². The van der Waals surface area contributed by atoms with Gasteiger partial charge in [0.25, 0.3) is 11.6 Å². The molecule has 0 atom stereocenters. The van der Waals surface area contributed by atoms with Gasteiger partial charge < -0.3 is 15.4 Å². The first kappa shape index (κ1) is 24.6. The number of benzene rings is 3. The number of methoxy groups -OCH3 is 1. The van der Waals surface area contributed by atoms with Crippen LogP contribution in [-0.4, -0.2) is 40.9 Å². The van der Waals surface area contributed by atoms with Gasteiger partial charge in [-0.05, 0) is 17.7 Å². The highest BCUT2D eigenvalue weighted by Crippen LogP contribution is 2.26. The van der Waals surface area contributed by atoms with Crippen LogP contribution in [0.4, 0.5) is 11.4 Å². The molecule has 36 heavy (non-hydrogen) atoms. The van der Waals surface area contributed by atoms with Crippen LogP contribution in [0.25, 0.3) is 11.3 Å². The molecule has 0 fully saturated rings.